The van der Waals surface area contributed by atoms with Crippen molar-refractivity contribution in [2.45, 2.75) is 19.3 Å². The maximum absolute atomic E-state index is 12.7. The Hall–Kier alpha value is -2.44. The average molecular weight is 328 g/mol. The smallest absolute Gasteiger partial charge is 0.289 e. The van der Waals surface area contributed by atoms with Crippen LogP contribution < -0.4 is 4.90 Å². The van der Waals surface area contributed by atoms with Crippen LogP contribution in [0.4, 0.5) is 5.82 Å². The van der Waals surface area contributed by atoms with E-state index in [-0.39, 0.29) is 5.91 Å². The lowest BCUT2D eigenvalue weighted by atomic mass is 9.93. The van der Waals surface area contributed by atoms with E-state index in [9.17, 15) is 4.79 Å². The summed E-state index contributed by atoms with van der Waals surface area (Å²) >= 11 is 0. The van der Waals surface area contributed by atoms with Crippen molar-refractivity contribution in [2.24, 2.45) is 13.0 Å². The molecule has 7 nitrogen and oxygen atoms in total. The van der Waals surface area contributed by atoms with E-state index < -0.39 is 0 Å². The van der Waals surface area contributed by atoms with Crippen LogP contribution in [0.2, 0.25) is 0 Å². The van der Waals surface area contributed by atoms with Gasteiger partial charge in [0.25, 0.3) is 5.91 Å². The second kappa shape index (κ2) is 6.98. The number of anilines is 1. The number of likely N-dealkylation sites (tertiary alicyclic amines) is 1. The summed E-state index contributed by atoms with van der Waals surface area (Å²) in [7, 11) is 5.81. The number of hydrogen-bond acceptors (Lipinski definition) is 5. The molecule has 1 aliphatic heterocycles. The van der Waals surface area contributed by atoms with Crippen molar-refractivity contribution in [3.8, 4) is 0 Å². The lowest BCUT2D eigenvalue weighted by Gasteiger charge is -2.32. The van der Waals surface area contributed by atoms with Crippen molar-refractivity contribution >= 4 is 11.7 Å². The summed E-state index contributed by atoms with van der Waals surface area (Å²) in [4.78, 5) is 29.7. The Morgan fingerprint density at radius 2 is 2.04 bits per heavy atom. The predicted octanol–water partition coefficient (Wildman–Crippen LogP) is 1.37. The van der Waals surface area contributed by atoms with Crippen LogP contribution in [0.15, 0.2) is 24.8 Å². The second-order valence-electron chi connectivity index (χ2n) is 6.55. The quantitative estimate of drug-likeness (QED) is 0.848. The Morgan fingerprint density at radius 3 is 2.75 bits per heavy atom. The zero-order chi connectivity index (χ0) is 17.1. The number of aromatic nitrogens is 4. The zero-order valence-electron chi connectivity index (χ0n) is 14.5. The first kappa shape index (κ1) is 16.4. The Morgan fingerprint density at radius 1 is 1.25 bits per heavy atom. The molecule has 1 saturated heterocycles. The van der Waals surface area contributed by atoms with E-state index in [0.29, 0.717) is 11.7 Å². The lowest BCUT2D eigenvalue weighted by molar-refractivity contribution is 0.0657. The van der Waals surface area contributed by atoms with E-state index in [0.717, 1.165) is 43.9 Å². The van der Waals surface area contributed by atoms with E-state index in [1.165, 1.54) is 0 Å². The molecule has 7 heteroatoms. The second-order valence-corrected chi connectivity index (χ2v) is 6.55. The van der Waals surface area contributed by atoms with Crippen molar-refractivity contribution in [2.75, 3.05) is 32.1 Å². The third-order valence-corrected chi connectivity index (χ3v) is 4.48. The minimum atomic E-state index is 0.0131. The summed E-state index contributed by atoms with van der Waals surface area (Å²) in [5.74, 6) is 1.83. The average Bonchev–Trinajstić information content (AvgIpc) is 3.01. The van der Waals surface area contributed by atoms with Crippen LogP contribution in [0.25, 0.3) is 0 Å². The van der Waals surface area contributed by atoms with Gasteiger partial charge in [0.05, 0.1) is 5.69 Å². The normalized spacial score (nSPS) is 17.8. The first-order valence-corrected chi connectivity index (χ1v) is 8.30. The first-order valence-electron chi connectivity index (χ1n) is 8.30. The van der Waals surface area contributed by atoms with Crippen LogP contribution in [0.3, 0.4) is 0 Å². The molecule has 128 valence electrons. The molecule has 3 rings (SSSR count). The third-order valence-electron chi connectivity index (χ3n) is 4.48. The summed E-state index contributed by atoms with van der Waals surface area (Å²) in [6.45, 7) is 1.54. The molecule has 0 unspecified atom stereocenters. The Balaban J connectivity index is 1.70. The van der Waals surface area contributed by atoms with E-state index in [2.05, 4.69) is 15.0 Å². The number of imidazole rings is 1. The van der Waals surface area contributed by atoms with E-state index in [4.69, 9.17) is 0 Å². The van der Waals surface area contributed by atoms with Gasteiger partial charge in [-0.05, 0) is 25.2 Å². The van der Waals surface area contributed by atoms with Gasteiger partial charge in [0.1, 0.15) is 5.82 Å². The van der Waals surface area contributed by atoms with Gasteiger partial charge in [-0.1, -0.05) is 0 Å². The number of aryl methyl sites for hydroxylation is 1. The van der Waals surface area contributed by atoms with Crippen LogP contribution in [0.1, 0.15) is 29.2 Å². The van der Waals surface area contributed by atoms with Gasteiger partial charge in [-0.2, -0.15) is 0 Å². The molecule has 1 fully saturated rings. The summed E-state index contributed by atoms with van der Waals surface area (Å²) in [6.07, 6.45) is 9.88. The number of rotatable bonds is 4. The van der Waals surface area contributed by atoms with Gasteiger partial charge in [-0.3, -0.25) is 9.78 Å². The number of carbonyl (C=O) groups excluding carboxylic acids is 1. The van der Waals surface area contributed by atoms with Crippen molar-refractivity contribution in [1.29, 1.82) is 0 Å². The molecule has 3 heterocycles. The molecule has 0 N–H and O–H groups in total. The maximum Gasteiger partial charge on any atom is 0.289 e. The maximum atomic E-state index is 12.7. The van der Waals surface area contributed by atoms with E-state index in [1.807, 2.05) is 30.9 Å². The summed E-state index contributed by atoms with van der Waals surface area (Å²) in [5.41, 5.74) is 0.999. The molecule has 0 radical (unpaired) electrons. The van der Waals surface area contributed by atoms with Gasteiger partial charge in [-0.15, -0.1) is 0 Å². The van der Waals surface area contributed by atoms with Crippen LogP contribution in [0, 0.1) is 5.92 Å². The van der Waals surface area contributed by atoms with Gasteiger partial charge >= 0.3 is 0 Å². The van der Waals surface area contributed by atoms with Crippen molar-refractivity contribution < 1.29 is 4.79 Å². The van der Waals surface area contributed by atoms with Crippen molar-refractivity contribution in [3.05, 3.63) is 36.3 Å². The molecular weight excluding hydrogens is 304 g/mol. The Bertz CT molecular complexity index is 711. The Labute approximate surface area is 142 Å². The fraction of sp³-hybridized carbons (Fsp3) is 0.529. The van der Waals surface area contributed by atoms with Crippen molar-refractivity contribution in [3.63, 3.8) is 0 Å². The SMILES string of the molecule is CN(C)c1nccnc1C[C@H]1CCCN(C(=O)c2nccn2C)C1. The highest BCUT2D eigenvalue weighted by Crippen LogP contribution is 2.24. The minimum Gasteiger partial charge on any atom is -0.361 e. The number of hydrogen-bond donors (Lipinski definition) is 0. The molecular formula is C17H24N6O. The number of carbonyl (C=O) groups is 1. The number of nitrogens with zero attached hydrogens (tertiary/aromatic N) is 6. The summed E-state index contributed by atoms with van der Waals surface area (Å²) < 4.78 is 1.78. The highest BCUT2D eigenvalue weighted by atomic mass is 16.2. The molecule has 1 atom stereocenters. The minimum absolute atomic E-state index is 0.0131. The summed E-state index contributed by atoms with van der Waals surface area (Å²) in [5, 5.41) is 0. The fourth-order valence-corrected chi connectivity index (χ4v) is 3.28. The lowest BCUT2D eigenvalue weighted by Crippen LogP contribution is -2.41. The largest absolute Gasteiger partial charge is 0.361 e. The monoisotopic (exact) mass is 328 g/mol. The molecule has 1 aliphatic rings. The van der Waals surface area contributed by atoms with Gasteiger partial charge in [0.2, 0.25) is 0 Å². The predicted molar refractivity (Wildman–Crippen MR) is 91.9 cm³/mol. The molecule has 0 bridgehead atoms. The molecule has 0 aliphatic carbocycles. The molecule has 0 spiro atoms. The summed E-state index contributed by atoms with van der Waals surface area (Å²) in [6, 6.07) is 0. The number of amides is 1. The van der Waals surface area contributed by atoms with E-state index >= 15 is 0 Å². The molecule has 24 heavy (non-hydrogen) atoms. The molecule has 1 amide bonds. The van der Waals surface area contributed by atoms with Gasteiger partial charge < -0.3 is 14.4 Å². The Kier molecular flexibility index (Phi) is 4.78. The van der Waals surface area contributed by atoms with Gasteiger partial charge in [-0.25, -0.2) is 9.97 Å². The van der Waals surface area contributed by atoms with Crippen LogP contribution >= 0.6 is 0 Å². The third kappa shape index (κ3) is 3.39. The van der Waals surface area contributed by atoms with Gasteiger partial charge in [0.15, 0.2) is 5.82 Å². The molecule has 0 aromatic carbocycles. The molecule has 2 aromatic rings. The van der Waals surface area contributed by atoms with Gasteiger partial charge in [0, 0.05) is 59.0 Å². The van der Waals surface area contributed by atoms with Crippen LogP contribution in [0.5, 0.6) is 0 Å². The molecule has 2 aromatic heterocycles. The standard InChI is InChI=1S/C17H24N6O/c1-21(2)15-14(18-6-7-19-15)11-13-5-4-9-23(12-13)17(24)16-20-8-10-22(16)3/h6-8,10,13H,4-5,9,11-12H2,1-3H3/t13-/m1/s1. The first-order chi connectivity index (χ1) is 11.6. The van der Waals surface area contributed by atoms with Crippen LogP contribution in [-0.2, 0) is 13.5 Å². The van der Waals surface area contributed by atoms with E-state index in [1.54, 1.807) is 29.4 Å². The topological polar surface area (TPSA) is 67.2 Å². The number of piperidine rings is 1. The van der Waals surface area contributed by atoms with Crippen LogP contribution in [-0.4, -0.2) is 57.5 Å². The highest BCUT2D eigenvalue weighted by Gasteiger charge is 2.27. The van der Waals surface area contributed by atoms with Crippen molar-refractivity contribution in [1.82, 2.24) is 24.4 Å². The highest BCUT2D eigenvalue weighted by molar-refractivity contribution is 5.90. The zero-order valence-corrected chi connectivity index (χ0v) is 14.5. The molecule has 0 saturated carbocycles. The fourth-order valence-electron chi connectivity index (χ4n) is 3.28.